The predicted molar refractivity (Wildman–Crippen MR) is 74.4 cm³/mol. The van der Waals surface area contributed by atoms with E-state index in [2.05, 4.69) is 18.7 Å². The molecule has 2 N–H and O–H groups in total. The molecule has 0 radical (unpaired) electrons. The highest BCUT2D eigenvalue weighted by Gasteiger charge is 2.20. The summed E-state index contributed by atoms with van der Waals surface area (Å²) in [5.41, 5.74) is 0.956. The summed E-state index contributed by atoms with van der Waals surface area (Å²) in [5.74, 6) is 0.140. The Morgan fingerprint density at radius 1 is 1.11 bits per heavy atom. The van der Waals surface area contributed by atoms with Crippen LogP contribution in [0.5, 0.6) is 0 Å². The number of aliphatic hydroxyl groups is 2. The maximum Gasteiger partial charge on any atom is 0.0827 e. The standard InChI is InChI=1S/C15H25NO2/c1-12(2)16(9-10-17)11-13(3)15(18)14-7-5-4-6-8-14/h4-8,12-13,15,17-18H,9-11H2,1-3H3. The van der Waals surface area contributed by atoms with E-state index in [9.17, 15) is 5.11 Å². The highest BCUT2D eigenvalue weighted by atomic mass is 16.3. The minimum atomic E-state index is -0.453. The van der Waals surface area contributed by atoms with Crippen LogP contribution < -0.4 is 0 Å². The molecule has 2 atom stereocenters. The van der Waals surface area contributed by atoms with Crippen molar-refractivity contribution in [3.63, 3.8) is 0 Å². The fourth-order valence-electron chi connectivity index (χ4n) is 2.14. The van der Waals surface area contributed by atoms with Gasteiger partial charge < -0.3 is 10.2 Å². The first-order chi connectivity index (χ1) is 8.56. The highest BCUT2D eigenvalue weighted by Crippen LogP contribution is 2.22. The van der Waals surface area contributed by atoms with Gasteiger partial charge in [0.25, 0.3) is 0 Å². The summed E-state index contributed by atoms with van der Waals surface area (Å²) < 4.78 is 0. The molecule has 0 bridgehead atoms. The van der Waals surface area contributed by atoms with Gasteiger partial charge in [-0.25, -0.2) is 0 Å². The average Bonchev–Trinajstić information content (AvgIpc) is 2.38. The maximum atomic E-state index is 10.3. The molecule has 1 aromatic carbocycles. The second kappa shape index (κ2) is 7.52. The topological polar surface area (TPSA) is 43.7 Å². The number of hydrogen-bond acceptors (Lipinski definition) is 3. The molecule has 0 fully saturated rings. The van der Waals surface area contributed by atoms with Crippen LogP contribution >= 0.6 is 0 Å². The maximum absolute atomic E-state index is 10.3. The lowest BCUT2D eigenvalue weighted by molar-refractivity contribution is 0.0704. The molecule has 18 heavy (non-hydrogen) atoms. The molecule has 1 rings (SSSR count). The van der Waals surface area contributed by atoms with Gasteiger partial charge in [-0.3, -0.25) is 4.90 Å². The third kappa shape index (κ3) is 4.41. The first-order valence-corrected chi connectivity index (χ1v) is 6.64. The Morgan fingerprint density at radius 2 is 1.72 bits per heavy atom. The van der Waals surface area contributed by atoms with Crippen molar-refractivity contribution in [3.8, 4) is 0 Å². The van der Waals surface area contributed by atoms with Crippen molar-refractivity contribution in [1.29, 1.82) is 0 Å². The minimum Gasteiger partial charge on any atom is -0.395 e. The van der Waals surface area contributed by atoms with E-state index in [0.29, 0.717) is 12.6 Å². The number of rotatable bonds is 7. The van der Waals surface area contributed by atoms with Crippen molar-refractivity contribution in [2.24, 2.45) is 5.92 Å². The van der Waals surface area contributed by atoms with Crippen LogP contribution in [-0.2, 0) is 0 Å². The summed E-state index contributed by atoms with van der Waals surface area (Å²) in [6, 6.07) is 10.1. The van der Waals surface area contributed by atoms with Crippen LogP contribution in [-0.4, -0.2) is 40.9 Å². The van der Waals surface area contributed by atoms with Gasteiger partial charge in [-0.1, -0.05) is 37.3 Å². The van der Waals surface area contributed by atoms with Crippen LogP contribution in [0.4, 0.5) is 0 Å². The zero-order valence-corrected chi connectivity index (χ0v) is 11.6. The molecule has 0 aromatic heterocycles. The van der Waals surface area contributed by atoms with Crippen LogP contribution in [0.2, 0.25) is 0 Å². The zero-order valence-electron chi connectivity index (χ0n) is 11.6. The molecule has 0 aliphatic rings. The van der Waals surface area contributed by atoms with Crippen molar-refractivity contribution in [1.82, 2.24) is 4.90 Å². The first-order valence-electron chi connectivity index (χ1n) is 6.64. The molecule has 0 saturated heterocycles. The molecule has 2 unspecified atom stereocenters. The van der Waals surface area contributed by atoms with Crippen molar-refractivity contribution >= 4 is 0 Å². The Labute approximate surface area is 110 Å². The summed E-state index contributed by atoms with van der Waals surface area (Å²) in [4.78, 5) is 2.19. The second-order valence-corrected chi connectivity index (χ2v) is 5.15. The van der Waals surface area contributed by atoms with Gasteiger partial charge in [-0.15, -0.1) is 0 Å². The molecule has 0 aliphatic heterocycles. The Hall–Kier alpha value is -0.900. The van der Waals surface area contributed by atoms with Gasteiger partial charge in [-0.2, -0.15) is 0 Å². The van der Waals surface area contributed by atoms with E-state index in [1.165, 1.54) is 0 Å². The summed E-state index contributed by atoms with van der Waals surface area (Å²) in [6.07, 6.45) is -0.453. The summed E-state index contributed by atoms with van der Waals surface area (Å²) in [5, 5.41) is 19.3. The van der Waals surface area contributed by atoms with Crippen molar-refractivity contribution in [2.45, 2.75) is 32.9 Å². The smallest absolute Gasteiger partial charge is 0.0827 e. The molecule has 1 aromatic rings. The normalized spacial score (nSPS) is 15.1. The van der Waals surface area contributed by atoms with E-state index in [1.807, 2.05) is 37.3 Å². The van der Waals surface area contributed by atoms with Crippen molar-refractivity contribution in [3.05, 3.63) is 35.9 Å². The van der Waals surface area contributed by atoms with E-state index in [0.717, 1.165) is 12.1 Å². The molecule has 0 saturated carbocycles. The van der Waals surface area contributed by atoms with Crippen LogP contribution in [0.1, 0.15) is 32.4 Å². The van der Waals surface area contributed by atoms with Crippen LogP contribution in [0.25, 0.3) is 0 Å². The fourth-order valence-corrected chi connectivity index (χ4v) is 2.14. The Morgan fingerprint density at radius 3 is 2.22 bits per heavy atom. The average molecular weight is 251 g/mol. The molecular formula is C15H25NO2. The molecule has 3 nitrogen and oxygen atoms in total. The summed E-state index contributed by atoms with van der Waals surface area (Å²) in [6.45, 7) is 7.86. The van der Waals surface area contributed by atoms with Crippen LogP contribution in [0.3, 0.4) is 0 Å². The summed E-state index contributed by atoms with van der Waals surface area (Å²) in [7, 11) is 0. The van der Waals surface area contributed by atoms with Crippen molar-refractivity contribution < 1.29 is 10.2 Å². The lowest BCUT2D eigenvalue weighted by Crippen LogP contribution is -2.38. The van der Waals surface area contributed by atoms with E-state index < -0.39 is 6.10 Å². The Bertz CT molecular complexity index is 327. The third-order valence-electron chi connectivity index (χ3n) is 3.32. The molecule has 0 spiro atoms. The van der Waals surface area contributed by atoms with E-state index in [1.54, 1.807) is 0 Å². The van der Waals surface area contributed by atoms with E-state index in [-0.39, 0.29) is 12.5 Å². The molecule has 0 heterocycles. The lowest BCUT2D eigenvalue weighted by atomic mass is 9.96. The number of hydrogen-bond donors (Lipinski definition) is 2. The highest BCUT2D eigenvalue weighted by molar-refractivity contribution is 5.17. The predicted octanol–water partition coefficient (Wildman–Crippen LogP) is 2.06. The van der Waals surface area contributed by atoms with Gasteiger partial charge in [-0.05, 0) is 25.3 Å². The second-order valence-electron chi connectivity index (χ2n) is 5.15. The molecule has 0 aliphatic carbocycles. The molecule has 102 valence electrons. The molecule has 3 heteroatoms. The van der Waals surface area contributed by atoms with Gasteiger partial charge in [0.15, 0.2) is 0 Å². The fraction of sp³-hybridized carbons (Fsp3) is 0.600. The van der Waals surface area contributed by atoms with Gasteiger partial charge in [0.1, 0.15) is 0 Å². The van der Waals surface area contributed by atoms with Gasteiger partial charge in [0.2, 0.25) is 0 Å². The number of aliphatic hydroxyl groups excluding tert-OH is 2. The molecular weight excluding hydrogens is 226 g/mol. The van der Waals surface area contributed by atoms with Crippen LogP contribution in [0.15, 0.2) is 30.3 Å². The quantitative estimate of drug-likeness (QED) is 0.779. The van der Waals surface area contributed by atoms with E-state index in [4.69, 9.17) is 5.11 Å². The minimum absolute atomic E-state index is 0.140. The largest absolute Gasteiger partial charge is 0.395 e. The SMILES string of the molecule is CC(CN(CCO)C(C)C)C(O)c1ccccc1. The zero-order chi connectivity index (χ0) is 13.5. The monoisotopic (exact) mass is 251 g/mol. The molecule has 0 amide bonds. The Balaban J connectivity index is 2.61. The first kappa shape index (κ1) is 15.2. The van der Waals surface area contributed by atoms with E-state index >= 15 is 0 Å². The number of benzene rings is 1. The van der Waals surface area contributed by atoms with Crippen LogP contribution in [0, 0.1) is 5.92 Å². The third-order valence-corrected chi connectivity index (χ3v) is 3.32. The van der Waals surface area contributed by atoms with Gasteiger partial charge in [0.05, 0.1) is 12.7 Å². The Kier molecular flexibility index (Phi) is 6.33. The number of nitrogens with zero attached hydrogens (tertiary/aromatic N) is 1. The summed E-state index contributed by atoms with van der Waals surface area (Å²) >= 11 is 0. The lowest BCUT2D eigenvalue weighted by Gasteiger charge is -2.30. The van der Waals surface area contributed by atoms with Gasteiger partial charge >= 0.3 is 0 Å². The van der Waals surface area contributed by atoms with Gasteiger partial charge in [0, 0.05) is 19.1 Å². The van der Waals surface area contributed by atoms with Crippen molar-refractivity contribution in [2.75, 3.05) is 19.7 Å².